The molecule has 0 aliphatic heterocycles. The summed E-state index contributed by atoms with van der Waals surface area (Å²) in [6.07, 6.45) is 3.25. The van der Waals surface area contributed by atoms with Crippen LogP contribution in [0, 0.1) is 5.92 Å². The summed E-state index contributed by atoms with van der Waals surface area (Å²) in [4.78, 5) is 23.2. The first kappa shape index (κ1) is 19.2. The predicted octanol–water partition coefficient (Wildman–Crippen LogP) is 3.06. The molecule has 1 aromatic carbocycles. The molecular formula is C18H28N2O3. The highest BCUT2D eigenvalue weighted by Gasteiger charge is 2.20. The smallest absolute Gasteiger partial charge is 0.321 e. The third kappa shape index (κ3) is 7.79. The van der Waals surface area contributed by atoms with E-state index in [2.05, 4.69) is 17.6 Å². The van der Waals surface area contributed by atoms with E-state index in [1.54, 1.807) is 0 Å². The number of nitrogens with one attached hydrogen (secondary N) is 2. The number of carboxylic acids is 1. The van der Waals surface area contributed by atoms with E-state index < -0.39 is 12.0 Å². The van der Waals surface area contributed by atoms with Gasteiger partial charge in [0.15, 0.2) is 0 Å². The molecule has 23 heavy (non-hydrogen) atoms. The van der Waals surface area contributed by atoms with E-state index >= 15 is 0 Å². The molecule has 3 N–H and O–H groups in total. The molecule has 1 amide bonds. The van der Waals surface area contributed by atoms with E-state index in [-0.39, 0.29) is 12.3 Å². The molecule has 0 aromatic heterocycles. The summed E-state index contributed by atoms with van der Waals surface area (Å²) in [6.45, 7) is 6.70. The number of hydrogen-bond donors (Lipinski definition) is 3. The molecule has 0 bridgehead atoms. The molecule has 5 heteroatoms. The molecule has 1 atom stereocenters. The minimum Gasteiger partial charge on any atom is -0.480 e. The molecule has 0 aliphatic rings. The Kier molecular flexibility index (Phi) is 8.33. The van der Waals surface area contributed by atoms with Crippen LogP contribution in [0.2, 0.25) is 0 Å². The maximum atomic E-state index is 12.0. The second kappa shape index (κ2) is 10.0. The fourth-order valence-electron chi connectivity index (χ4n) is 2.16. The molecular weight excluding hydrogens is 292 g/mol. The summed E-state index contributed by atoms with van der Waals surface area (Å²) in [5.41, 5.74) is 1.94. The lowest BCUT2D eigenvalue weighted by Crippen LogP contribution is -2.41. The zero-order chi connectivity index (χ0) is 17.2. The maximum Gasteiger partial charge on any atom is 0.321 e. The number of carbonyl (C=O) groups excluding carboxylic acids is 1. The number of anilines is 1. The first-order chi connectivity index (χ1) is 10.9. The van der Waals surface area contributed by atoms with Crippen molar-refractivity contribution < 1.29 is 14.7 Å². The molecule has 1 rings (SSSR count). The Morgan fingerprint density at radius 3 is 2.35 bits per heavy atom. The van der Waals surface area contributed by atoms with Crippen molar-refractivity contribution in [2.75, 3.05) is 11.9 Å². The molecule has 128 valence electrons. The summed E-state index contributed by atoms with van der Waals surface area (Å²) in [6, 6.07) is 6.86. The summed E-state index contributed by atoms with van der Waals surface area (Å²) in [5.74, 6) is -0.971. The van der Waals surface area contributed by atoms with Gasteiger partial charge in [-0.2, -0.15) is 0 Å². The number of aliphatic carboxylic acids is 1. The molecule has 0 saturated carbocycles. The van der Waals surface area contributed by atoms with Crippen LogP contribution in [0.4, 0.5) is 5.69 Å². The number of hydrogen-bond acceptors (Lipinski definition) is 3. The SMILES string of the molecule is CCCCc1ccc(NC(=O)CC(NCC(C)C)C(=O)O)cc1. The second-order valence-electron chi connectivity index (χ2n) is 6.25. The monoisotopic (exact) mass is 320 g/mol. The van der Waals surface area contributed by atoms with Crippen LogP contribution in [-0.2, 0) is 16.0 Å². The fraction of sp³-hybridized carbons (Fsp3) is 0.556. The molecule has 5 nitrogen and oxygen atoms in total. The molecule has 1 unspecified atom stereocenters. The van der Waals surface area contributed by atoms with Gasteiger partial charge in [0.1, 0.15) is 6.04 Å². The molecule has 0 saturated heterocycles. The van der Waals surface area contributed by atoms with Crippen LogP contribution >= 0.6 is 0 Å². The molecule has 0 fully saturated rings. The topological polar surface area (TPSA) is 78.4 Å². The molecule has 0 radical (unpaired) electrons. The molecule has 0 heterocycles. The second-order valence-corrected chi connectivity index (χ2v) is 6.25. The van der Waals surface area contributed by atoms with Gasteiger partial charge in [0.2, 0.25) is 5.91 Å². The number of aryl methyl sites for hydroxylation is 1. The van der Waals surface area contributed by atoms with Gasteiger partial charge >= 0.3 is 5.97 Å². The van der Waals surface area contributed by atoms with Crippen molar-refractivity contribution in [3.05, 3.63) is 29.8 Å². The third-order valence-electron chi connectivity index (χ3n) is 3.52. The van der Waals surface area contributed by atoms with Gasteiger partial charge in [-0.3, -0.25) is 9.59 Å². The van der Waals surface area contributed by atoms with Crippen molar-refractivity contribution in [2.24, 2.45) is 5.92 Å². The fourth-order valence-corrected chi connectivity index (χ4v) is 2.16. The number of carbonyl (C=O) groups is 2. The Labute approximate surface area is 138 Å². The lowest BCUT2D eigenvalue weighted by Gasteiger charge is -2.16. The van der Waals surface area contributed by atoms with E-state index in [0.29, 0.717) is 18.2 Å². The Bertz CT molecular complexity index is 497. The minimum absolute atomic E-state index is 0.0837. The van der Waals surface area contributed by atoms with Crippen molar-refractivity contribution in [1.82, 2.24) is 5.32 Å². The van der Waals surface area contributed by atoms with Crippen molar-refractivity contribution in [3.8, 4) is 0 Å². The Hall–Kier alpha value is -1.88. The van der Waals surface area contributed by atoms with Crippen molar-refractivity contribution in [2.45, 2.75) is 52.5 Å². The minimum atomic E-state index is -1.00. The summed E-state index contributed by atoms with van der Waals surface area (Å²) in [5, 5.41) is 14.8. The Morgan fingerprint density at radius 2 is 1.83 bits per heavy atom. The van der Waals surface area contributed by atoms with Crippen molar-refractivity contribution >= 4 is 17.6 Å². The van der Waals surface area contributed by atoms with Gasteiger partial charge in [0.25, 0.3) is 0 Å². The number of rotatable bonds is 10. The van der Waals surface area contributed by atoms with Crippen molar-refractivity contribution in [3.63, 3.8) is 0 Å². The van der Waals surface area contributed by atoms with Gasteiger partial charge in [0.05, 0.1) is 6.42 Å². The first-order valence-electron chi connectivity index (χ1n) is 8.27. The highest BCUT2D eigenvalue weighted by Crippen LogP contribution is 2.12. The maximum absolute atomic E-state index is 12.0. The largest absolute Gasteiger partial charge is 0.480 e. The summed E-state index contributed by atoms with van der Waals surface area (Å²) < 4.78 is 0. The van der Waals surface area contributed by atoms with Crippen LogP contribution < -0.4 is 10.6 Å². The summed E-state index contributed by atoms with van der Waals surface area (Å²) in [7, 11) is 0. The number of amides is 1. The van der Waals surface area contributed by atoms with Crippen molar-refractivity contribution in [1.29, 1.82) is 0 Å². The van der Waals surface area contributed by atoms with E-state index in [0.717, 1.165) is 19.3 Å². The van der Waals surface area contributed by atoms with Crippen LogP contribution in [0.3, 0.4) is 0 Å². The van der Waals surface area contributed by atoms with Crippen LogP contribution in [0.25, 0.3) is 0 Å². The van der Waals surface area contributed by atoms with E-state index in [9.17, 15) is 14.7 Å². The standard InChI is InChI=1S/C18H28N2O3/c1-4-5-6-14-7-9-15(10-8-14)20-17(21)11-16(18(22)23)19-12-13(2)3/h7-10,13,16,19H,4-6,11-12H2,1-3H3,(H,20,21)(H,22,23). The number of unbranched alkanes of at least 4 members (excludes halogenated alkanes) is 1. The third-order valence-corrected chi connectivity index (χ3v) is 3.52. The predicted molar refractivity (Wildman–Crippen MR) is 92.6 cm³/mol. The average Bonchev–Trinajstić information content (AvgIpc) is 2.50. The molecule has 1 aromatic rings. The zero-order valence-corrected chi connectivity index (χ0v) is 14.3. The van der Waals surface area contributed by atoms with E-state index in [4.69, 9.17) is 0 Å². The van der Waals surface area contributed by atoms with Gasteiger partial charge in [0, 0.05) is 5.69 Å². The van der Waals surface area contributed by atoms with Crippen LogP contribution in [0.5, 0.6) is 0 Å². The average molecular weight is 320 g/mol. The lowest BCUT2D eigenvalue weighted by molar-refractivity contribution is -0.141. The Balaban J connectivity index is 2.51. The normalized spacial score (nSPS) is 12.2. The Morgan fingerprint density at radius 1 is 1.17 bits per heavy atom. The van der Waals surface area contributed by atoms with E-state index in [1.807, 2.05) is 38.1 Å². The van der Waals surface area contributed by atoms with Gasteiger partial charge in [-0.05, 0) is 43.0 Å². The quantitative estimate of drug-likeness (QED) is 0.619. The van der Waals surface area contributed by atoms with Gasteiger partial charge in [-0.25, -0.2) is 0 Å². The van der Waals surface area contributed by atoms with Gasteiger partial charge in [-0.1, -0.05) is 39.3 Å². The van der Waals surface area contributed by atoms with Gasteiger partial charge in [-0.15, -0.1) is 0 Å². The van der Waals surface area contributed by atoms with Crippen LogP contribution in [0.1, 0.15) is 45.6 Å². The van der Waals surface area contributed by atoms with Gasteiger partial charge < -0.3 is 15.7 Å². The van der Waals surface area contributed by atoms with Crippen LogP contribution in [0.15, 0.2) is 24.3 Å². The first-order valence-corrected chi connectivity index (χ1v) is 8.27. The molecule has 0 spiro atoms. The van der Waals surface area contributed by atoms with E-state index in [1.165, 1.54) is 5.56 Å². The number of benzene rings is 1. The molecule has 0 aliphatic carbocycles. The summed E-state index contributed by atoms with van der Waals surface area (Å²) >= 11 is 0. The highest BCUT2D eigenvalue weighted by molar-refractivity contribution is 5.94. The highest BCUT2D eigenvalue weighted by atomic mass is 16.4. The lowest BCUT2D eigenvalue weighted by atomic mass is 10.1. The zero-order valence-electron chi connectivity index (χ0n) is 14.3. The van der Waals surface area contributed by atoms with Crippen LogP contribution in [-0.4, -0.2) is 29.6 Å². The number of carboxylic acid groups (broad SMARTS) is 1.